The maximum absolute atomic E-state index is 12.4. The van der Waals surface area contributed by atoms with Gasteiger partial charge < -0.3 is 14.5 Å². The van der Waals surface area contributed by atoms with Crippen LogP contribution in [0.15, 0.2) is 24.3 Å². The first-order valence-electron chi connectivity index (χ1n) is 6.67. The van der Waals surface area contributed by atoms with E-state index in [1.165, 1.54) is 0 Å². The van der Waals surface area contributed by atoms with Crippen LogP contribution < -0.4 is 4.90 Å². The molecule has 0 aromatic heterocycles. The highest BCUT2D eigenvalue weighted by atomic mass is 16.5. The van der Waals surface area contributed by atoms with Crippen molar-refractivity contribution in [2.24, 2.45) is 5.92 Å². The number of ether oxygens (including phenoxy) is 1. The first-order chi connectivity index (χ1) is 9.11. The number of amides is 1. The highest BCUT2D eigenvalue weighted by Crippen LogP contribution is 2.21. The number of methoxy groups -OCH3 is 1. The second-order valence-electron chi connectivity index (χ2n) is 5.31. The highest BCUT2D eigenvalue weighted by Gasteiger charge is 2.26. The van der Waals surface area contributed by atoms with Gasteiger partial charge in [-0.25, -0.2) is 0 Å². The van der Waals surface area contributed by atoms with Crippen molar-refractivity contribution in [2.45, 2.75) is 6.42 Å². The molecule has 4 nitrogen and oxygen atoms in total. The van der Waals surface area contributed by atoms with E-state index >= 15 is 0 Å². The smallest absolute Gasteiger partial charge is 0.253 e. The number of carbonyl (C=O) groups is 1. The van der Waals surface area contributed by atoms with Crippen LogP contribution in [0.25, 0.3) is 0 Å². The molecule has 1 aliphatic heterocycles. The maximum atomic E-state index is 12.4. The number of nitrogens with zero attached hydrogens (tertiary/aromatic N) is 2. The molecule has 1 amide bonds. The molecule has 1 fully saturated rings. The summed E-state index contributed by atoms with van der Waals surface area (Å²) in [6, 6.07) is 7.78. The quantitative estimate of drug-likeness (QED) is 0.830. The van der Waals surface area contributed by atoms with Crippen LogP contribution in [-0.4, -0.2) is 51.7 Å². The first-order valence-corrected chi connectivity index (χ1v) is 6.67. The van der Waals surface area contributed by atoms with Gasteiger partial charge >= 0.3 is 0 Å². The van der Waals surface area contributed by atoms with Crippen molar-refractivity contribution in [3.05, 3.63) is 29.8 Å². The first kappa shape index (κ1) is 13.9. The van der Waals surface area contributed by atoms with Crippen molar-refractivity contribution in [3.8, 4) is 0 Å². The van der Waals surface area contributed by atoms with Gasteiger partial charge in [-0.2, -0.15) is 0 Å². The largest absolute Gasteiger partial charge is 0.384 e. The molecule has 0 saturated carbocycles. The molecular formula is C15H22N2O2. The zero-order valence-electron chi connectivity index (χ0n) is 11.9. The summed E-state index contributed by atoms with van der Waals surface area (Å²) in [4.78, 5) is 16.4. The number of rotatable bonds is 4. The van der Waals surface area contributed by atoms with Crippen molar-refractivity contribution in [2.75, 3.05) is 45.8 Å². The molecule has 2 rings (SSSR count). The van der Waals surface area contributed by atoms with Crippen molar-refractivity contribution in [1.29, 1.82) is 0 Å². The van der Waals surface area contributed by atoms with E-state index in [2.05, 4.69) is 0 Å². The van der Waals surface area contributed by atoms with Crippen LogP contribution in [0.2, 0.25) is 0 Å². The van der Waals surface area contributed by atoms with E-state index in [-0.39, 0.29) is 5.91 Å². The lowest BCUT2D eigenvalue weighted by Crippen LogP contribution is -2.29. The van der Waals surface area contributed by atoms with Crippen LogP contribution in [0.1, 0.15) is 16.8 Å². The van der Waals surface area contributed by atoms with Crippen molar-refractivity contribution in [1.82, 2.24) is 4.90 Å². The Morgan fingerprint density at radius 1 is 1.47 bits per heavy atom. The fourth-order valence-electron chi connectivity index (χ4n) is 2.49. The molecule has 1 aromatic rings. The van der Waals surface area contributed by atoms with Crippen molar-refractivity contribution >= 4 is 11.6 Å². The number of hydrogen-bond acceptors (Lipinski definition) is 3. The number of hydrogen-bond donors (Lipinski definition) is 0. The molecule has 104 valence electrons. The summed E-state index contributed by atoms with van der Waals surface area (Å²) in [7, 11) is 5.67. The summed E-state index contributed by atoms with van der Waals surface area (Å²) in [5, 5.41) is 0. The molecule has 0 bridgehead atoms. The van der Waals surface area contributed by atoms with Crippen LogP contribution in [0, 0.1) is 5.92 Å². The van der Waals surface area contributed by atoms with Gasteiger partial charge in [-0.1, -0.05) is 6.07 Å². The Kier molecular flexibility index (Phi) is 4.43. The molecule has 1 aromatic carbocycles. The predicted octanol–water partition coefficient (Wildman–Crippen LogP) is 1.86. The molecule has 0 spiro atoms. The van der Waals surface area contributed by atoms with Crippen LogP contribution in [0.3, 0.4) is 0 Å². The monoisotopic (exact) mass is 262 g/mol. The van der Waals surface area contributed by atoms with Gasteiger partial charge in [0.05, 0.1) is 6.61 Å². The van der Waals surface area contributed by atoms with Gasteiger partial charge in [0.25, 0.3) is 5.91 Å². The topological polar surface area (TPSA) is 32.8 Å². The lowest BCUT2D eigenvalue weighted by molar-refractivity contribution is 0.0775. The van der Waals surface area contributed by atoms with Crippen molar-refractivity contribution < 1.29 is 9.53 Å². The molecule has 0 radical (unpaired) electrons. The third kappa shape index (κ3) is 3.26. The third-order valence-electron chi connectivity index (χ3n) is 3.58. The standard InChI is InChI=1S/C15H22N2O2/c1-16(2)14-6-4-5-13(9-14)15(18)17-8-7-12(10-17)11-19-3/h4-6,9,12H,7-8,10-11H2,1-3H3/t12-/m0/s1. The van der Waals surface area contributed by atoms with Crippen molar-refractivity contribution in [3.63, 3.8) is 0 Å². The number of benzene rings is 1. The Balaban J connectivity index is 2.06. The van der Waals surface area contributed by atoms with Gasteiger partial charge in [0.15, 0.2) is 0 Å². The van der Waals surface area contributed by atoms with Crippen LogP contribution in [0.4, 0.5) is 5.69 Å². The van der Waals surface area contributed by atoms with E-state index in [1.54, 1.807) is 7.11 Å². The summed E-state index contributed by atoms with van der Waals surface area (Å²) in [6.07, 6.45) is 1.03. The van der Waals surface area contributed by atoms with E-state index < -0.39 is 0 Å². The zero-order valence-corrected chi connectivity index (χ0v) is 11.9. The molecule has 1 saturated heterocycles. The number of carbonyl (C=O) groups excluding carboxylic acids is 1. The number of anilines is 1. The molecule has 1 atom stereocenters. The van der Waals surface area contributed by atoms with E-state index in [0.29, 0.717) is 5.92 Å². The molecule has 0 N–H and O–H groups in total. The van der Waals surface area contributed by atoms with E-state index in [9.17, 15) is 4.79 Å². The zero-order chi connectivity index (χ0) is 13.8. The molecular weight excluding hydrogens is 240 g/mol. The van der Waals surface area contributed by atoms with Gasteiger partial charge in [0.1, 0.15) is 0 Å². The van der Waals surface area contributed by atoms with E-state index in [1.807, 2.05) is 48.2 Å². The van der Waals surface area contributed by atoms with Gasteiger partial charge in [-0.15, -0.1) is 0 Å². The van der Waals surface area contributed by atoms with Gasteiger partial charge in [-0.3, -0.25) is 4.79 Å². The lowest BCUT2D eigenvalue weighted by atomic mass is 10.1. The van der Waals surface area contributed by atoms with Crippen LogP contribution >= 0.6 is 0 Å². The summed E-state index contributed by atoms with van der Waals surface area (Å²) in [5.41, 5.74) is 1.82. The van der Waals surface area contributed by atoms with E-state index in [4.69, 9.17) is 4.74 Å². The molecule has 0 unspecified atom stereocenters. The average Bonchev–Trinajstić information content (AvgIpc) is 2.87. The second-order valence-corrected chi connectivity index (χ2v) is 5.31. The van der Waals surface area contributed by atoms with Gasteiger partial charge in [0.2, 0.25) is 0 Å². The third-order valence-corrected chi connectivity index (χ3v) is 3.58. The van der Waals surface area contributed by atoms with E-state index in [0.717, 1.165) is 37.4 Å². The summed E-state index contributed by atoms with van der Waals surface area (Å²) in [5.74, 6) is 0.605. The fourth-order valence-corrected chi connectivity index (χ4v) is 2.49. The lowest BCUT2D eigenvalue weighted by Gasteiger charge is -2.18. The Morgan fingerprint density at radius 3 is 2.95 bits per heavy atom. The normalized spacial score (nSPS) is 18.7. The Bertz CT molecular complexity index is 446. The Labute approximate surface area is 115 Å². The maximum Gasteiger partial charge on any atom is 0.253 e. The average molecular weight is 262 g/mol. The molecule has 1 heterocycles. The Hall–Kier alpha value is -1.55. The number of likely N-dealkylation sites (tertiary alicyclic amines) is 1. The Morgan fingerprint density at radius 2 is 2.26 bits per heavy atom. The molecule has 0 aliphatic carbocycles. The fraction of sp³-hybridized carbons (Fsp3) is 0.533. The minimum Gasteiger partial charge on any atom is -0.384 e. The minimum absolute atomic E-state index is 0.127. The predicted molar refractivity (Wildman–Crippen MR) is 76.7 cm³/mol. The highest BCUT2D eigenvalue weighted by molar-refractivity contribution is 5.95. The minimum atomic E-state index is 0.127. The van der Waals surface area contributed by atoms with Gasteiger partial charge in [-0.05, 0) is 24.6 Å². The van der Waals surface area contributed by atoms with Gasteiger partial charge in [0, 0.05) is 51.5 Å². The summed E-state index contributed by atoms with van der Waals surface area (Å²) in [6.45, 7) is 2.37. The summed E-state index contributed by atoms with van der Waals surface area (Å²) < 4.78 is 5.17. The molecule has 4 heteroatoms. The van der Waals surface area contributed by atoms with Crippen LogP contribution in [0.5, 0.6) is 0 Å². The summed E-state index contributed by atoms with van der Waals surface area (Å²) >= 11 is 0. The van der Waals surface area contributed by atoms with Crippen LogP contribution in [-0.2, 0) is 4.74 Å². The molecule has 1 aliphatic rings. The molecule has 19 heavy (non-hydrogen) atoms. The SMILES string of the molecule is COC[C@H]1CCN(C(=O)c2cccc(N(C)C)c2)C1. The second kappa shape index (κ2) is 6.06.